The first-order valence-electron chi connectivity index (χ1n) is 6.24. The fourth-order valence-corrected chi connectivity index (χ4v) is 2.31. The number of phenols is 1. The van der Waals surface area contributed by atoms with Crippen LogP contribution in [-0.4, -0.2) is 35.1 Å². The average molecular weight is 351 g/mol. The van der Waals surface area contributed by atoms with Crippen LogP contribution in [0.25, 0.3) is 0 Å². The Morgan fingerprint density at radius 3 is 2.86 bits per heavy atom. The van der Waals surface area contributed by atoms with Crippen molar-refractivity contribution in [2.45, 2.75) is 6.54 Å². The van der Waals surface area contributed by atoms with E-state index in [-0.39, 0.29) is 11.7 Å². The highest BCUT2D eigenvalue weighted by molar-refractivity contribution is 9.10. The lowest BCUT2D eigenvalue weighted by molar-refractivity contribution is 0.0778. The Morgan fingerprint density at radius 1 is 1.43 bits per heavy atom. The molecule has 21 heavy (non-hydrogen) atoms. The lowest BCUT2D eigenvalue weighted by Crippen LogP contribution is -2.27. The van der Waals surface area contributed by atoms with Crippen LogP contribution in [0.1, 0.15) is 16.1 Å². The highest BCUT2D eigenvalue weighted by Crippen LogP contribution is 2.27. The van der Waals surface area contributed by atoms with Gasteiger partial charge in [0.05, 0.1) is 7.11 Å². The van der Waals surface area contributed by atoms with E-state index in [9.17, 15) is 9.90 Å². The molecule has 1 amide bonds. The topological polar surface area (TPSA) is 62.7 Å². The molecule has 1 aromatic heterocycles. The summed E-state index contributed by atoms with van der Waals surface area (Å²) in [6.07, 6.45) is 1.58. The molecule has 2 aromatic rings. The molecule has 0 radical (unpaired) electrons. The SMILES string of the molecule is COc1cc(CN(C)C(=O)c2ncccc2Br)ccc1O. The number of methoxy groups -OCH3 is 1. The molecule has 0 saturated carbocycles. The molecule has 0 atom stereocenters. The van der Waals surface area contributed by atoms with Crippen molar-refractivity contribution in [2.75, 3.05) is 14.2 Å². The summed E-state index contributed by atoms with van der Waals surface area (Å²) in [7, 11) is 3.18. The van der Waals surface area contributed by atoms with Gasteiger partial charge >= 0.3 is 0 Å². The second-order valence-electron chi connectivity index (χ2n) is 4.50. The summed E-state index contributed by atoms with van der Waals surface area (Å²) in [6.45, 7) is 0.387. The second kappa shape index (κ2) is 6.58. The Hall–Kier alpha value is -2.08. The quantitative estimate of drug-likeness (QED) is 0.920. The Kier molecular flexibility index (Phi) is 4.80. The molecule has 0 unspecified atom stereocenters. The minimum absolute atomic E-state index is 0.0719. The summed E-state index contributed by atoms with van der Waals surface area (Å²) in [4.78, 5) is 18.0. The van der Waals surface area contributed by atoms with Crippen molar-refractivity contribution in [3.63, 3.8) is 0 Å². The molecule has 1 N–H and O–H groups in total. The van der Waals surface area contributed by atoms with Gasteiger partial charge in [0, 0.05) is 24.3 Å². The van der Waals surface area contributed by atoms with Crippen LogP contribution in [-0.2, 0) is 6.54 Å². The second-order valence-corrected chi connectivity index (χ2v) is 5.36. The first kappa shape index (κ1) is 15.3. The first-order valence-corrected chi connectivity index (χ1v) is 7.04. The first-order chi connectivity index (χ1) is 10.0. The number of pyridine rings is 1. The number of hydrogen-bond donors (Lipinski definition) is 1. The number of hydrogen-bond acceptors (Lipinski definition) is 4. The van der Waals surface area contributed by atoms with E-state index >= 15 is 0 Å². The number of nitrogens with zero attached hydrogens (tertiary/aromatic N) is 2. The standard InChI is InChI=1S/C15H15BrN2O3/c1-18(15(20)14-11(16)4-3-7-17-14)9-10-5-6-12(19)13(8-10)21-2/h3-8,19H,9H2,1-2H3. The van der Waals surface area contributed by atoms with Crippen LogP contribution >= 0.6 is 15.9 Å². The van der Waals surface area contributed by atoms with Crippen molar-refractivity contribution in [3.05, 3.63) is 52.3 Å². The number of ether oxygens (including phenoxy) is 1. The van der Waals surface area contributed by atoms with Crippen molar-refractivity contribution in [3.8, 4) is 11.5 Å². The fourth-order valence-electron chi connectivity index (χ4n) is 1.89. The molecule has 0 bridgehead atoms. The average Bonchev–Trinajstić information content (AvgIpc) is 2.49. The third kappa shape index (κ3) is 3.52. The number of benzene rings is 1. The molecule has 0 fully saturated rings. The minimum atomic E-state index is -0.186. The maximum Gasteiger partial charge on any atom is 0.273 e. The molecule has 1 aromatic carbocycles. The highest BCUT2D eigenvalue weighted by atomic mass is 79.9. The molecular formula is C15H15BrN2O3. The van der Waals surface area contributed by atoms with Gasteiger partial charge < -0.3 is 14.7 Å². The van der Waals surface area contributed by atoms with E-state index in [1.54, 1.807) is 48.5 Å². The summed E-state index contributed by atoms with van der Waals surface area (Å²) in [5, 5.41) is 9.57. The van der Waals surface area contributed by atoms with Gasteiger partial charge in [-0.15, -0.1) is 0 Å². The largest absolute Gasteiger partial charge is 0.504 e. The number of amides is 1. The van der Waals surface area contributed by atoms with Gasteiger partial charge in [0.15, 0.2) is 11.5 Å². The lowest BCUT2D eigenvalue weighted by atomic mass is 10.2. The third-order valence-corrected chi connectivity index (χ3v) is 3.61. The molecule has 2 rings (SSSR count). The van der Waals surface area contributed by atoms with Crippen LogP contribution in [0.15, 0.2) is 41.0 Å². The number of rotatable bonds is 4. The van der Waals surface area contributed by atoms with Crippen LogP contribution in [0.2, 0.25) is 0 Å². The van der Waals surface area contributed by atoms with Crippen LogP contribution in [0.3, 0.4) is 0 Å². The van der Waals surface area contributed by atoms with Crippen molar-refractivity contribution in [1.29, 1.82) is 0 Å². The molecular weight excluding hydrogens is 336 g/mol. The van der Waals surface area contributed by atoms with Gasteiger partial charge in [-0.2, -0.15) is 0 Å². The van der Waals surface area contributed by atoms with Gasteiger partial charge in [-0.25, -0.2) is 4.98 Å². The maximum absolute atomic E-state index is 12.3. The van der Waals surface area contributed by atoms with Crippen LogP contribution < -0.4 is 4.74 Å². The zero-order valence-electron chi connectivity index (χ0n) is 11.7. The summed E-state index contributed by atoms with van der Waals surface area (Å²) >= 11 is 3.32. The van der Waals surface area contributed by atoms with E-state index in [2.05, 4.69) is 20.9 Å². The highest BCUT2D eigenvalue weighted by Gasteiger charge is 2.16. The molecule has 0 saturated heterocycles. The summed E-state index contributed by atoms with van der Waals surface area (Å²) in [6, 6.07) is 8.52. The Morgan fingerprint density at radius 2 is 2.19 bits per heavy atom. The molecule has 0 aliphatic heterocycles. The number of halogens is 1. The minimum Gasteiger partial charge on any atom is -0.504 e. The van der Waals surface area contributed by atoms with E-state index in [0.29, 0.717) is 22.5 Å². The number of aromatic nitrogens is 1. The molecule has 1 heterocycles. The summed E-state index contributed by atoms with van der Waals surface area (Å²) < 4.78 is 5.72. The van der Waals surface area contributed by atoms with Gasteiger partial charge in [0.2, 0.25) is 0 Å². The summed E-state index contributed by atoms with van der Waals surface area (Å²) in [5.74, 6) is 0.268. The molecule has 110 valence electrons. The van der Waals surface area contributed by atoms with Crippen molar-refractivity contribution >= 4 is 21.8 Å². The third-order valence-electron chi connectivity index (χ3n) is 2.97. The van der Waals surface area contributed by atoms with Crippen molar-refractivity contribution < 1.29 is 14.6 Å². The van der Waals surface area contributed by atoms with Gasteiger partial charge in [-0.3, -0.25) is 4.79 Å². The molecule has 6 heteroatoms. The zero-order chi connectivity index (χ0) is 15.4. The van der Waals surface area contributed by atoms with Gasteiger partial charge in [0.25, 0.3) is 5.91 Å². The molecule has 0 aliphatic carbocycles. The van der Waals surface area contributed by atoms with Crippen LogP contribution in [0.4, 0.5) is 0 Å². The van der Waals surface area contributed by atoms with E-state index in [1.165, 1.54) is 7.11 Å². The smallest absolute Gasteiger partial charge is 0.273 e. The molecule has 0 aliphatic rings. The lowest BCUT2D eigenvalue weighted by Gasteiger charge is -2.18. The zero-order valence-corrected chi connectivity index (χ0v) is 13.3. The number of carbonyl (C=O) groups excluding carboxylic acids is 1. The van der Waals surface area contributed by atoms with Crippen LogP contribution in [0, 0.1) is 0 Å². The number of phenolic OH excluding ortho intramolecular Hbond substituents is 1. The molecule has 5 nitrogen and oxygen atoms in total. The normalized spacial score (nSPS) is 10.2. The van der Waals surface area contributed by atoms with Crippen LogP contribution in [0.5, 0.6) is 11.5 Å². The van der Waals surface area contributed by atoms with E-state index in [1.807, 2.05) is 0 Å². The van der Waals surface area contributed by atoms with Gasteiger partial charge in [-0.1, -0.05) is 6.07 Å². The van der Waals surface area contributed by atoms with Gasteiger partial charge in [-0.05, 0) is 45.8 Å². The van der Waals surface area contributed by atoms with E-state index in [4.69, 9.17) is 4.74 Å². The summed E-state index contributed by atoms with van der Waals surface area (Å²) in [5.41, 5.74) is 1.22. The molecule has 0 spiro atoms. The predicted molar refractivity (Wildman–Crippen MR) is 82.4 cm³/mol. The Balaban J connectivity index is 2.16. The predicted octanol–water partition coefficient (Wildman–Crippen LogP) is 2.83. The Bertz CT molecular complexity index is 661. The number of carbonyl (C=O) groups is 1. The maximum atomic E-state index is 12.3. The van der Waals surface area contributed by atoms with E-state index in [0.717, 1.165) is 5.56 Å². The monoisotopic (exact) mass is 350 g/mol. The van der Waals surface area contributed by atoms with Crippen molar-refractivity contribution in [2.24, 2.45) is 0 Å². The Labute approximate surface area is 131 Å². The van der Waals surface area contributed by atoms with Crippen molar-refractivity contribution in [1.82, 2.24) is 9.88 Å². The fraction of sp³-hybridized carbons (Fsp3) is 0.200. The van der Waals surface area contributed by atoms with E-state index < -0.39 is 0 Å². The number of aromatic hydroxyl groups is 1. The van der Waals surface area contributed by atoms with Gasteiger partial charge in [0.1, 0.15) is 5.69 Å².